The van der Waals surface area contributed by atoms with E-state index >= 15 is 4.39 Å². The molecule has 8 nitrogen and oxygen atoms in total. The molecule has 3 aromatic heterocycles. The highest BCUT2D eigenvalue weighted by Gasteiger charge is 2.48. The van der Waals surface area contributed by atoms with Gasteiger partial charge in [-0.15, -0.1) is 0 Å². The number of amides is 2. The highest BCUT2D eigenvalue weighted by Crippen LogP contribution is 2.51. The summed E-state index contributed by atoms with van der Waals surface area (Å²) in [7, 11) is 0. The van der Waals surface area contributed by atoms with Crippen LogP contribution in [0.15, 0.2) is 36.7 Å². The van der Waals surface area contributed by atoms with Crippen LogP contribution in [-0.2, 0) is 11.3 Å². The van der Waals surface area contributed by atoms with Gasteiger partial charge in [-0.1, -0.05) is 6.92 Å². The van der Waals surface area contributed by atoms with Gasteiger partial charge < -0.3 is 10.6 Å². The molecule has 2 aliphatic carbocycles. The van der Waals surface area contributed by atoms with E-state index in [0.717, 1.165) is 37.7 Å². The highest BCUT2D eigenvalue weighted by molar-refractivity contribution is 6.00. The second kappa shape index (κ2) is 10.4. The second-order valence-electron chi connectivity index (χ2n) is 10.3. The predicted octanol–water partition coefficient (Wildman–Crippen LogP) is 4.68. The molecule has 0 aliphatic heterocycles. The van der Waals surface area contributed by atoms with E-state index in [1.54, 1.807) is 35.3 Å². The van der Waals surface area contributed by atoms with E-state index in [-0.39, 0.29) is 23.6 Å². The standard InChI is InChI=1S/C28H33FN6O2/c1-4-13-35-22(11-12-31-35)27(36)34-25(24(18-5-6-18)19-7-8-19)28(37)33-23-10-9-20(26(29)32-23)21-14-16(2)15-30-17(21)3/h9-12,14-15,18-19,24-25H,4-8,13H2,1-3H3,(H,34,36)(H,32,33,37)/t25-/m0/s1. The fraction of sp³-hybridized carbons (Fsp3) is 0.464. The van der Waals surface area contributed by atoms with Gasteiger partial charge in [0, 0.05) is 35.8 Å². The lowest BCUT2D eigenvalue weighted by atomic mass is 9.88. The maximum atomic E-state index is 15.1. The van der Waals surface area contributed by atoms with Gasteiger partial charge >= 0.3 is 0 Å². The van der Waals surface area contributed by atoms with Crippen molar-refractivity contribution in [2.75, 3.05) is 5.32 Å². The van der Waals surface area contributed by atoms with Gasteiger partial charge in [0.2, 0.25) is 11.9 Å². The zero-order valence-electron chi connectivity index (χ0n) is 21.5. The van der Waals surface area contributed by atoms with E-state index in [4.69, 9.17) is 0 Å². The Morgan fingerprint density at radius 1 is 1.11 bits per heavy atom. The zero-order valence-corrected chi connectivity index (χ0v) is 21.5. The number of pyridine rings is 2. The third kappa shape index (κ3) is 5.55. The number of aromatic nitrogens is 4. The van der Waals surface area contributed by atoms with Gasteiger partial charge in [0.25, 0.3) is 5.91 Å². The van der Waals surface area contributed by atoms with Crippen LogP contribution in [-0.4, -0.2) is 37.6 Å². The lowest BCUT2D eigenvalue weighted by Gasteiger charge is -2.27. The molecule has 1 atom stereocenters. The summed E-state index contributed by atoms with van der Waals surface area (Å²) in [5.74, 6) is -0.387. The molecule has 3 aromatic rings. The van der Waals surface area contributed by atoms with Gasteiger partial charge in [0.1, 0.15) is 17.6 Å². The SMILES string of the molecule is CCCn1nccc1C(=O)N[C@H](C(=O)Nc1ccc(-c2cc(C)cnc2C)c(F)n1)C(C1CC1)C1CC1. The van der Waals surface area contributed by atoms with Crippen LogP contribution in [0, 0.1) is 37.5 Å². The van der Waals surface area contributed by atoms with Crippen LogP contribution < -0.4 is 10.6 Å². The summed E-state index contributed by atoms with van der Waals surface area (Å²) in [6.45, 7) is 6.35. The van der Waals surface area contributed by atoms with Crippen molar-refractivity contribution in [3.63, 3.8) is 0 Å². The molecule has 2 N–H and O–H groups in total. The van der Waals surface area contributed by atoms with E-state index in [0.29, 0.717) is 40.9 Å². The first-order valence-corrected chi connectivity index (χ1v) is 13.1. The molecule has 9 heteroatoms. The molecule has 3 heterocycles. The number of hydrogen-bond acceptors (Lipinski definition) is 5. The minimum absolute atomic E-state index is 0.0524. The molecule has 2 saturated carbocycles. The summed E-state index contributed by atoms with van der Waals surface area (Å²) in [4.78, 5) is 35.2. The minimum atomic E-state index is -0.731. The van der Waals surface area contributed by atoms with Crippen LogP contribution in [0.3, 0.4) is 0 Å². The molecule has 0 unspecified atom stereocenters. The number of aryl methyl sites for hydroxylation is 3. The first kappa shape index (κ1) is 25.0. The molecule has 0 spiro atoms. The summed E-state index contributed by atoms with van der Waals surface area (Å²) in [5.41, 5.74) is 3.04. The van der Waals surface area contributed by atoms with Crippen molar-refractivity contribution < 1.29 is 14.0 Å². The minimum Gasteiger partial charge on any atom is -0.339 e. The van der Waals surface area contributed by atoms with Crippen LogP contribution >= 0.6 is 0 Å². The Bertz CT molecular complexity index is 1300. The zero-order chi connectivity index (χ0) is 26.1. The van der Waals surface area contributed by atoms with Gasteiger partial charge in [0.05, 0.1) is 0 Å². The maximum Gasteiger partial charge on any atom is 0.270 e. The average Bonchev–Trinajstić information content (AvgIpc) is 3.81. The van der Waals surface area contributed by atoms with Crippen molar-refractivity contribution in [2.45, 2.75) is 65.5 Å². The van der Waals surface area contributed by atoms with Crippen molar-refractivity contribution >= 4 is 17.6 Å². The van der Waals surface area contributed by atoms with Crippen LogP contribution in [0.1, 0.15) is 60.8 Å². The highest BCUT2D eigenvalue weighted by atomic mass is 19.1. The van der Waals surface area contributed by atoms with Gasteiger partial charge in [-0.05, 0) is 93.5 Å². The molecule has 37 heavy (non-hydrogen) atoms. The van der Waals surface area contributed by atoms with Crippen molar-refractivity contribution in [3.8, 4) is 11.1 Å². The molecule has 5 rings (SSSR count). The smallest absolute Gasteiger partial charge is 0.270 e. The Kier molecular flexibility index (Phi) is 7.04. The fourth-order valence-corrected chi connectivity index (χ4v) is 5.18. The van der Waals surface area contributed by atoms with E-state index in [9.17, 15) is 9.59 Å². The number of hydrogen-bond donors (Lipinski definition) is 2. The third-order valence-electron chi connectivity index (χ3n) is 7.29. The molecule has 0 bridgehead atoms. The quantitative estimate of drug-likeness (QED) is 0.391. The normalized spacial score (nSPS) is 16.0. The average molecular weight is 505 g/mol. The lowest BCUT2D eigenvalue weighted by Crippen LogP contribution is -2.50. The van der Waals surface area contributed by atoms with Crippen molar-refractivity contribution in [3.05, 3.63) is 59.6 Å². The number of halogens is 1. The van der Waals surface area contributed by atoms with Gasteiger partial charge in [-0.3, -0.25) is 19.3 Å². The van der Waals surface area contributed by atoms with Crippen molar-refractivity contribution in [1.82, 2.24) is 25.1 Å². The van der Waals surface area contributed by atoms with Crippen molar-refractivity contribution in [1.29, 1.82) is 0 Å². The molecule has 194 valence electrons. The molecular weight excluding hydrogens is 471 g/mol. The summed E-state index contributed by atoms with van der Waals surface area (Å²) in [5, 5.41) is 10.0. The van der Waals surface area contributed by atoms with Gasteiger partial charge in [-0.25, -0.2) is 4.98 Å². The Balaban J connectivity index is 1.38. The predicted molar refractivity (Wildman–Crippen MR) is 138 cm³/mol. The van der Waals surface area contributed by atoms with Crippen molar-refractivity contribution in [2.24, 2.45) is 17.8 Å². The van der Waals surface area contributed by atoms with E-state index in [1.807, 2.05) is 26.8 Å². The van der Waals surface area contributed by atoms with Crippen LogP contribution in [0.5, 0.6) is 0 Å². The Labute approximate surface area is 216 Å². The third-order valence-corrected chi connectivity index (χ3v) is 7.29. The second-order valence-corrected chi connectivity index (χ2v) is 10.3. The summed E-state index contributed by atoms with van der Waals surface area (Å²) in [6.07, 6.45) is 8.39. The van der Waals surface area contributed by atoms with E-state index in [2.05, 4.69) is 25.7 Å². The Hall–Kier alpha value is -3.62. The summed E-state index contributed by atoms with van der Waals surface area (Å²) < 4.78 is 16.7. The number of anilines is 1. The molecular formula is C28H33FN6O2. The molecule has 2 amide bonds. The van der Waals surface area contributed by atoms with E-state index < -0.39 is 12.0 Å². The monoisotopic (exact) mass is 504 g/mol. The molecule has 0 saturated heterocycles. The summed E-state index contributed by atoms with van der Waals surface area (Å²) in [6, 6.07) is 6.01. The number of rotatable bonds is 10. The largest absolute Gasteiger partial charge is 0.339 e. The number of nitrogens with one attached hydrogen (secondary N) is 2. The van der Waals surface area contributed by atoms with Crippen LogP contribution in [0.2, 0.25) is 0 Å². The number of carbonyl (C=O) groups is 2. The van der Waals surface area contributed by atoms with Crippen LogP contribution in [0.25, 0.3) is 11.1 Å². The van der Waals surface area contributed by atoms with E-state index in [1.165, 1.54) is 0 Å². The van der Waals surface area contributed by atoms with Gasteiger partial charge in [0.15, 0.2) is 0 Å². The topological polar surface area (TPSA) is 102 Å². The molecule has 0 aromatic carbocycles. The Morgan fingerprint density at radius 2 is 1.84 bits per heavy atom. The van der Waals surface area contributed by atoms with Crippen LogP contribution in [0.4, 0.5) is 10.2 Å². The Morgan fingerprint density at radius 3 is 2.49 bits per heavy atom. The fourth-order valence-electron chi connectivity index (χ4n) is 5.18. The summed E-state index contributed by atoms with van der Waals surface area (Å²) >= 11 is 0. The molecule has 0 radical (unpaired) electrons. The first-order valence-electron chi connectivity index (χ1n) is 13.1. The van der Waals surface area contributed by atoms with Gasteiger partial charge in [-0.2, -0.15) is 9.49 Å². The lowest BCUT2D eigenvalue weighted by molar-refractivity contribution is -0.119. The first-order chi connectivity index (χ1) is 17.9. The number of nitrogens with zero attached hydrogens (tertiary/aromatic N) is 4. The molecule has 2 fully saturated rings. The number of carbonyl (C=O) groups excluding carboxylic acids is 2. The maximum absolute atomic E-state index is 15.1. The molecule has 2 aliphatic rings.